The summed E-state index contributed by atoms with van der Waals surface area (Å²) in [6.45, 7) is 4.87. The summed E-state index contributed by atoms with van der Waals surface area (Å²) < 4.78 is 14.2. The molecule has 0 N–H and O–H groups in total. The maximum atomic E-state index is 12.9. The molecular formula is C36H27BrN2O3. The number of carbonyl (C=O) groups excluding carboxylic acids is 1. The van der Waals surface area contributed by atoms with Crippen LogP contribution in [-0.4, -0.2) is 28.0 Å². The van der Waals surface area contributed by atoms with Gasteiger partial charge in [-0.15, -0.1) is 0 Å². The lowest BCUT2D eigenvalue weighted by Gasteiger charge is -2.48. The second-order valence-electron chi connectivity index (χ2n) is 11.8. The molecule has 2 unspecified atom stereocenters. The Morgan fingerprint density at radius 2 is 1.64 bits per heavy atom. The summed E-state index contributed by atoms with van der Waals surface area (Å²) in [7, 11) is 0. The fraction of sp³-hybridized carbons (Fsp3) is 0.194. The first-order valence-electron chi connectivity index (χ1n) is 14.2. The second kappa shape index (κ2) is 9.36. The minimum atomic E-state index is -0.460. The molecular weight excluding hydrogens is 588 g/mol. The smallest absolute Gasteiger partial charge is 0.167 e. The van der Waals surface area contributed by atoms with Crippen molar-refractivity contribution in [1.82, 2.24) is 9.97 Å². The summed E-state index contributed by atoms with van der Waals surface area (Å²) in [5.41, 5.74) is 6.62. The minimum absolute atomic E-state index is 0.0200. The number of hydrogen-bond acceptors (Lipinski definition) is 5. The van der Waals surface area contributed by atoms with E-state index in [-0.39, 0.29) is 17.6 Å². The van der Waals surface area contributed by atoms with Crippen LogP contribution in [0.3, 0.4) is 0 Å². The molecule has 0 radical (unpaired) electrons. The van der Waals surface area contributed by atoms with Gasteiger partial charge in [-0.2, -0.15) is 0 Å². The molecule has 2 aliphatic rings. The molecule has 5 nitrogen and oxygen atoms in total. The Morgan fingerprint density at radius 3 is 2.48 bits per heavy atom. The molecule has 0 saturated carbocycles. The van der Waals surface area contributed by atoms with E-state index >= 15 is 0 Å². The van der Waals surface area contributed by atoms with Gasteiger partial charge in [-0.05, 0) is 49.7 Å². The number of nitrogens with zero attached hydrogens (tertiary/aromatic N) is 2. The average Bonchev–Trinajstić information content (AvgIpc) is 3.00. The number of halogens is 1. The number of aromatic nitrogens is 2. The highest BCUT2D eigenvalue weighted by Crippen LogP contribution is 2.56. The van der Waals surface area contributed by atoms with Crippen LogP contribution in [-0.2, 0) is 6.42 Å². The van der Waals surface area contributed by atoms with Crippen LogP contribution in [0.4, 0.5) is 0 Å². The maximum Gasteiger partial charge on any atom is 0.167 e. The van der Waals surface area contributed by atoms with E-state index in [0.717, 1.165) is 65.5 Å². The third-order valence-corrected chi connectivity index (χ3v) is 9.31. The first kappa shape index (κ1) is 25.4. The van der Waals surface area contributed by atoms with Crippen molar-refractivity contribution >= 4 is 54.6 Å². The predicted octanol–water partition coefficient (Wildman–Crippen LogP) is 8.44. The third-order valence-electron chi connectivity index (χ3n) is 8.81. The Balaban J connectivity index is 1.37. The summed E-state index contributed by atoms with van der Waals surface area (Å²) in [6, 6.07) is 29.9. The highest BCUT2D eigenvalue weighted by atomic mass is 79.9. The zero-order valence-corrected chi connectivity index (χ0v) is 24.8. The van der Waals surface area contributed by atoms with Crippen LogP contribution < -0.4 is 9.47 Å². The SMILES string of the molecule is CC1(C)Oc2c(c3nc4ccc(CC(=O)c5ccccc5)cc4nc3c3ccccc23)C2c3cc(Br)ccc3OCC21. The molecule has 1 aromatic heterocycles. The van der Waals surface area contributed by atoms with Gasteiger partial charge in [-0.3, -0.25) is 4.79 Å². The van der Waals surface area contributed by atoms with Crippen LogP contribution in [0.2, 0.25) is 0 Å². The third kappa shape index (κ3) is 3.92. The number of benzene rings is 5. The fourth-order valence-corrected chi connectivity index (χ4v) is 7.10. The molecule has 5 aromatic carbocycles. The summed E-state index contributed by atoms with van der Waals surface area (Å²) in [4.78, 5) is 23.5. The number of hydrogen-bond donors (Lipinski definition) is 0. The van der Waals surface area contributed by atoms with Gasteiger partial charge in [0, 0.05) is 50.2 Å². The summed E-state index contributed by atoms with van der Waals surface area (Å²) in [5, 5.41) is 2.03. The van der Waals surface area contributed by atoms with Gasteiger partial charge in [0.2, 0.25) is 0 Å². The summed E-state index contributed by atoms with van der Waals surface area (Å²) >= 11 is 3.70. The van der Waals surface area contributed by atoms with Crippen LogP contribution in [0.15, 0.2) is 95.5 Å². The van der Waals surface area contributed by atoms with E-state index in [1.54, 1.807) is 0 Å². The average molecular weight is 616 g/mol. The number of ether oxygens (including phenoxy) is 2. The fourth-order valence-electron chi connectivity index (χ4n) is 6.72. The molecule has 0 fully saturated rings. The van der Waals surface area contributed by atoms with Crippen LogP contribution in [0.1, 0.15) is 46.8 Å². The lowest BCUT2D eigenvalue weighted by atomic mass is 9.69. The number of ketones is 1. The molecule has 0 saturated heterocycles. The Hall–Kier alpha value is -4.29. The molecule has 0 aliphatic carbocycles. The van der Waals surface area contributed by atoms with Gasteiger partial charge in [-0.25, -0.2) is 9.97 Å². The molecule has 0 spiro atoms. The van der Waals surface area contributed by atoms with E-state index in [0.29, 0.717) is 18.6 Å². The highest BCUT2D eigenvalue weighted by molar-refractivity contribution is 9.10. The Kier molecular flexibility index (Phi) is 5.67. The van der Waals surface area contributed by atoms with Crippen LogP contribution >= 0.6 is 15.9 Å². The normalized spacial score (nSPS) is 18.5. The number of Topliss-reactive ketones (excluding diaryl/α,β-unsaturated/α-hetero) is 1. The van der Waals surface area contributed by atoms with Crippen molar-refractivity contribution < 1.29 is 14.3 Å². The topological polar surface area (TPSA) is 61.3 Å². The zero-order chi connectivity index (χ0) is 28.6. The van der Waals surface area contributed by atoms with Crippen LogP contribution in [0, 0.1) is 5.92 Å². The van der Waals surface area contributed by atoms with Crippen molar-refractivity contribution in [3.63, 3.8) is 0 Å². The standard InChI is InChI=1S/C36H27BrN2O3/c1-36(2)26-19-41-30-15-13-22(37)18-25(30)31(26)32-34-33(23-10-6-7-11-24(23)35(32)42-36)39-28-16-20(12-14-27(28)38-34)17-29(40)21-8-4-3-5-9-21/h3-16,18,26,31H,17,19H2,1-2H3. The lowest BCUT2D eigenvalue weighted by molar-refractivity contribution is -0.0118. The Morgan fingerprint density at radius 1 is 0.881 bits per heavy atom. The first-order valence-corrected chi connectivity index (χ1v) is 15.0. The van der Waals surface area contributed by atoms with Crippen LogP contribution in [0.25, 0.3) is 32.8 Å². The molecule has 0 amide bonds. The van der Waals surface area contributed by atoms with Gasteiger partial charge < -0.3 is 9.47 Å². The van der Waals surface area contributed by atoms with E-state index < -0.39 is 5.60 Å². The molecule has 2 atom stereocenters. The molecule has 42 heavy (non-hydrogen) atoms. The van der Waals surface area contributed by atoms with Gasteiger partial charge in [0.05, 0.1) is 28.7 Å². The van der Waals surface area contributed by atoms with Gasteiger partial charge in [-0.1, -0.05) is 76.6 Å². The number of rotatable bonds is 3. The van der Waals surface area contributed by atoms with Crippen molar-refractivity contribution in [3.05, 3.63) is 118 Å². The van der Waals surface area contributed by atoms with E-state index in [2.05, 4.69) is 48.0 Å². The Labute approximate surface area is 251 Å². The summed E-state index contributed by atoms with van der Waals surface area (Å²) in [5.74, 6) is 1.95. The maximum absolute atomic E-state index is 12.9. The zero-order valence-electron chi connectivity index (χ0n) is 23.2. The lowest BCUT2D eigenvalue weighted by Crippen LogP contribution is -2.49. The van der Waals surface area contributed by atoms with Crippen molar-refractivity contribution in [1.29, 1.82) is 0 Å². The number of carbonyl (C=O) groups is 1. The summed E-state index contributed by atoms with van der Waals surface area (Å²) in [6.07, 6.45) is 0.308. The number of fused-ring (bicyclic) bond motifs is 11. The quantitative estimate of drug-likeness (QED) is 0.114. The van der Waals surface area contributed by atoms with Crippen molar-refractivity contribution in [2.75, 3.05) is 6.61 Å². The first-order chi connectivity index (χ1) is 20.4. The molecule has 8 rings (SSSR count). The van der Waals surface area contributed by atoms with E-state index in [4.69, 9.17) is 19.4 Å². The van der Waals surface area contributed by atoms with E-state index in [1.807, 2.05) is 72.8 Å². The van der Waals surface area contributed by atoms with E-state index in [9.17, 15) is 4.79 Å². The largest absolute Gasteiger partial charge is 0.493 e. The Bertz CT molecular complexity index is 2070. The van der Waals surface area contributed by atoms with Crippen LogP contribution in [0.5, 0.6) is 11.5 Å². The van der Waals surface area contributed by atoms with Gasteiger partial charge in [0.1, 0.15) is 17.1 Å². The predicted molar refractivity (Wildman–Crippen MR) is 169 cm³/mol. The molecule has 2 aliphatic heterocycles. The van der Waals surface area contributed by atoms with Crippen molar-refractivity contribution in [2.45, 2.75) is 31.8 Å². The van der Waals surface area contributed by atoms with Gasteiger partial charge in [0.15, 0.2) is 5.78 Å². The molecule has 6 heteroatoms. The molecule has 3 heterocycles. The van der Waals surface area contributed by atoms with Crippen molar-refractivity contribution in [2.24, 2.45) is 5.92 Å². The molecule has 6 aromatic rings. The molecule has 206 valence electrons. The van der Waals surface area contributed by atoms with Crippen molar-refractivity contribution in [3.8, 4) is 11.5 Å². The monoisotopic (exact) mass is 614 g/mol. The van der Waals surface area contributed by atoms with Gasteiger partial charge in [0.25, 0.3) is 0 Å². The molecule has 0 bridgehead atoms. The van der Waals surface area contributed by atoms with Gasteiger partial charge >= 0.3 is 0 Å². The van der Waals surface area contributed by atoms with E-state index in [1.165, 1.54) is 0 Å². The highest BCUT2D eigenvalue weighted by Gasteiger charge is 2.49. The second-order valence-corrected chi connectivity index (χ2v) is 12.7. The minimum Gasteiger partial charge on any atom is -0.493 e.